The number of nitrogens with one attached hydrogen (secondary N) is 2. The normalized spacial score (nSPS) is 29.3. The lowest BCUT2D eigenvalue weighted by Gasteiger charge is -2.42. The number of alkyl carbamates (subject to hydrolysis) is 1. The molecule has 2 aliphatic heterocycles. The third kappa shape index (κ3) is 7.32. The summed E-state index contributed by atoms with van der Waals surface area (Å²) in [4.78, 5) is 24.1. The molecule has 4 N–H and O–H groups in total. The Morgan fingerprint density at radius 1 is 1.38 bits per heavy atom. The van der Waals surface area contributed by atoms with Crippen LogP contribution in [0, 0.1) is 5.92 Å². The van der Waals surface area contributed by atoms with Gasteiger partial charge in [0.2, 0.25) is 5.91 Å². The van der Waals surface area contributed by atoms with E-state index in [9.17, 15) is 19.8 Å². The first kappa shape index (κ1) is 30.9. The SMILES string of the molecule is CNC(=O)C[C@H](O)[C@]1(C)O[C@H]1[C@H](C)[C@@H]1C[C@](O)([C@@H](/C=C/C=C(\C)Cc2ccc(Cl)c(OC)c2)OC)NC(=O)O1. The van der Waals surface area contributed by atoms with Crippen molar-refractivity contribution in [1.29, 1.82) is 0 Å². The number of amides is 2. The van der Waals surface area contributed by atoms with Crippen LogP contribution in [-0.2, 0) is 25.4 Å². The van der Waals surface area contributed by atoms with Gasteiger partial charge in [-0.1, -0.05) is 48.4 Å². The van der Waals surface area contributed by atoms with Gasteiger partial charge in [-0.05, 0) is 38.0 Å². The lowest BCUT2D eigenvalue weighted by molar-refractivity contribution is -0.142. The maximum atomic E-state index is 12.5. The number of aliphatic hydroxyl groups excluding tert-OH is 1. The summed E-state index contributed by atoms with van der Waals surface area (Å²) < 4.78 is 22.1. The zero-order valence-electron chi connectivity index (χ0n) is 23.2. The second-order valence-electron chi connectivity index (χ2n) is 10.4. The number of carbonyl (C=O) groups is 2. The van der Waals surface area contributed by atoms with Gasteiger partial charge in [-0.15, -0.1) is 0 Å². The average Bonchev–Trinajstić information content (AvgIpc) is 3.59. The van der Waals surface area contributed by atoms with Crippen molar-refractivity contribution >= 4 is 23.6 Å². The molecule has 2 aliphatic rings. The van der Waals surface area contributed by atoms with E-state index in [0.717, 1.165) is 11.1 Å². The minimum atomic E-state index is -1.74. The lowest BCUT2D eigenvalue weighted by Crippen LogP contribution is -2.63. The Morgan fingerprint density at radius 2 is 2.10 bits per heavy atom. The summed E-state index contributed by atoms with van der Waals surface area (Å²) >= 11 is 6.11. The Balaban J connectivity index is 1.66. The van der Waals surface area contributed by atoms with E-state index in [0.29, 0.717) is 17.2 Å². The minimum absolute atomic E-state index is 0.0253. The summed E-state index contributed by atoms with van der Waals surface area (Å²) in [5, 5.41) is 27.5. The third-order valence-electron chi connectivity index (χ3n) is 7.45. The van der Waals surface area contributed by atoms with Crippen LogP contribution in [-0.4, -0.2) is 79.2 Å². The number of allylic oxidation sites excluding steroid dienone is 3. The van der Waals surface area contributed by atoms with Crippen LogP contribution >= 0.6 is 11.6 Å². The number of ether oxygens (including phenoxy) is 4. The van der Waals surface area contributed by atoms with Crippen molar-refractivity contribution in [3.05, 3.63) is 52.6 Å². The number of halogens is 1. The van der Waals surface area contributed by atoms with E-state index in [2.05, 4.69) is 10.6 Å². The number of carbonyl (C=O) groups excluding carboxylic acids is 2. The molecule has 1 aromatic carbocycles. The van der Waals surface area contributed by atoms with E-state index in [4.69, 9.17) is 30.5 Å². The molecular formula is C28H39ClN2O8. The predicted molar refractivity (Wildman–Crippen MR) is 146 cm³/mol. The van der Waals surface area contributed by atoms with Gasteiger partial charge in [-0.3, -0.25) is 10.1 Å². The number of methoxy groups -OCH3 is 2. The maximum Gasteiger partial charge on any atom is 0.409 e. The van der Waals surface area contributed by atoms with Crippen LogP contribution in [0.1, 0.15) is 39.2 Å². The van der Waals surface area contributed by atoms with E-state index in [-0.39, 0.29) is 24.7 Å². The molecule has 0 aliphatic carbocycles. The van der Waals surface area contributed by atoms with E-state index in [1.54, 1.807) is 32.3 Å². The zero-order chi connectivity index (χ0) is 29.0. The largest absolute Gasteiger partial charge is 0.495 e. The second kappa shape index (κ2) is 12.7. The molecule has 2 amide bonds. The Bertz CT molecular complexity index is 1110. The van der Waals surface area contributed by atoms with E-state index in [1.165, 1.54) is 14.2 Å². The van der Waals surface area contributed by atoms with Crippen molar-refractivity contribution in [3.8, 4) is 5.75 Å². The summed E-state index contributed by atoms with van der Waals surface area (Å²) in [6.45, 7) is 5.51. The third-order valence-corrected chi connectivity index (χ3v) is 7.76. The maximum absolute atomic E-state index is 12.5. The van der Waals surface area contributed by atoms with Gasteiger partial charge in [-0.2, -0.15) is 0 Å². The lowest BCUT2D eigenvalue weighted by atomic mass is 9.84. The van der Waals surface area contributed by atoms with Crippen molar-refractivity contribution in [2.45, 2.75) is 75.8 Å². The molecule has 0 saturated carbocycles. The Kier molecular flexibility index (Phi) is 10.1. The highest BCUT2D eigenvalue weighted by Crippen LogP contribution is 2.47. The van der Waals surface area contributed by atoms with E-state index < -0.39 is 41.8 Å². The second-order valence-corrected chi connectivity index (χ2v) is 10.8. The number of benzene rings is 1. The van der Waals surface area contributed by atoms with Gasteiger partial charge < -0.3 is 34.5 Å². The molecular weight excluding hydrogens is 528 g/mol. The summed E-state index contributed by atoms with van der Waals surface area (Å²) in [5.41, 5.74) is -0.626. The predicted octanol–water partition coefficient (Wildman–Crippen LogP) is 2.89. The summed E-state index contributed by atoms with van der Waals surface area (Å²) in [7, 11) is 4.51. The highest BCUT2D eigenvalue weighted by molar-refractivity contribution is 6.32. The number of aliphatic hydroxyl groups is 2. The van der Waals surface area contributed by atoms with Crippen LogP contribution in [0.3, 0.4) is 0 Å². The van der Waals surface area contributed by atoms with Crippen molar-refractivity contribution in [3.63, 3.8) is 0 Å². The number of epoxide rings is 1. The van der Waals surface area contributed by atoms with Crippen LogP contribution in [0.5, 0.6) is 5.75 Å². The van der Waals surface area contributed by atoms with Crippen LogP contribution in [0.2, 0.25) is 5.02 Å². The molecule has 7 atom stereocenters. The zero-order valence-corrected chi connectivity index (χ0v) is 23.9. The standard InChI is InChI=1S/C28H39ClN2O8/c1-16(12-18-10-11-19(29)20(13-18)36-5)8-7-9-23(37-6)28(35)15-21(38-26(34)31-28)17(2)25-27(3,39-25)22(32)14-24(33)30-4/h7-11,13,17,21-23,25,32,35H,12,14-15H2,1-6H3,(H,30,33)(H,31,34)/b9-7+,16-8+/t17-,21+,22+,23-,25+,27+,28+/m1/s1. The molecule has 3 rings (SSSR count). The Hall–Kier alpha value is -2.63. The quantitative estimate of drug-likeness (QED) is 0.224. The van der Waals surface area contributed by atoms with Crippen LogP contribution in [0.4, 0.5) is 4.79 Å². The highest BCUT2D eigenvalue weighted by Gasteiger charge is 2.62. The number of cyclic esters (lactones) is 1. The number of hydrogen-bond donors (Lipinski definition) is 4. The van der Waals surface area contributed by atoms with Crippen molar-refractivity contribution in [2.24, 2.45) is 5.92 Å². The van der Waals surface area contributed by atoms with Crippen molar-refractivity contribution in [1.82, 2.24) is 10.6 Å². The fourth-order valence-electron chi connectivity index (χ4n) is 4.98. The van der Waals surface area contributed by atoms with Gasteiger partial charge >= 0.3 is 6.09 Å². The average molecular weight is 567 g/mol. The van der Waals surface area contributed by atoms with Gasteiger partial charge in [0, 0.05) is 26.5 Å². The van der Waals surface area contributed by atoms with Crippen LogP contribution in [0.25, 0.3) is 0 Å². The van der Waals surface area contributed by atoms with Gasteiger partial charge in [0.1, 0.15) is 23.6 Å². The molecule has 39 heavy (non-hydrogen) atoms. The van der Waals surface area contributed by atoms with E-state index in [1.807, 2.05) is 32.1 Å². The highest BCUT2D eigenvalue weighted by atomic mass is 35.5. The number of rotatable bonds is 12. The topological polar surface area (TPSA) is 139 Å². The first-order valence-corrected chi connectivity index (χ1v) is 13.2. The molecule has 0 radical (unpaired) electrons. The fraction of sp³-hybridized carbons (Fsp3) is 0.571. The summed E-state index contributed by atoms with van der Waals surface area (Å²) in [6, 6.07) is 5.60. The van der Waals surface area contributed by atoms with Crippen LogP contribution < -0.4 is 15.4 Å². The summed E-state index contributed by atoms with van der Waals surface area (Å²) in [6.07, 6.45) is 2.05. The van der Waals surface area contributed by atoms with Gasteiger partial charge in [0.15, 0.2) is 5.72 Å². The molecule has 216 valence electrons. The molecule has 0 spiro atoms. The molecule has 11 heteroatoms. The number of hydrogen-bond acceptors (Lipinski definition) is 8. The smallest absolute Gasteiger partial charge is 0.409 e. The molecule has 0 aromatic heterocycles. The molecule has 2 fully saturated rings. The molecule has 1 aromatic rings. The molecule has 2 saturated heterocycles. The molecule has 0 bridgehead atoms. The Morgan fingerprint density at radius 3 is 2.74 bits per heavy atom. The van der Waals surface area contributed by atoms with Gasteiger partial charge in [0.25, 0.3) is 0 Å². The monoisotopic (exact) mass is 566 g/mol. The molecule has 10 nitrogen and oxygen atoms in total. The summed E-state index contributed by atoms with van der Waals surface area (Å²) in [5.74, 6) is -0.0665. The minimum Gasteiger partial charge on any atom is -0.495 e. The molecule has 2 heterocycles. The first-order valence-electron chi connectivity index (χ1n) is 12.8. The van der Waals surface area contributed by atoms with Gasteiger partial charge in [0.05, 0.1) is 30.8 Å². The first-order chi connectivity index (χ1) is 18.4. The fourth-order valence-corrected chi connectivity index (χ4v) is 5.18. The van der Waals surface area contributed by atoms with Crippen molar-refractivity contribution < 1.29 is 38.7 Å². The van der Waals surface area contributed by atoms with Crippen LogP contribution in [0.15, 0.2) is 42.0 Å². The van der Waals surface area contributed by atoms with Crippen molar-refractivity contribution in [2.75, 3.05) is 21.3 Å². The van der Waals surface area contributed by atoms with Gasteiger partial charge in [-0.25, -0.2) is 4.79 Å². The van der Waals surface area contributed by atoms with E-state index >= 15 is 0 Å². The Labute approximate surface area is 234 Å². The molecule has 0 unspecified atom stereocenters.